The number of anilines is 1. The predicted octanol–water partition coefficient (Wildman–Crippen LogP) is 2.16. The minimum absolute atomic E-state index is 0.183. The zero-order chi connectivity index (χ0) is 18.9. The van der Waals surface area contributed by atoms with E-state index >= 15 is 0 Å². The van der Waals surface area contributed by atoms with Crippen molar-refractivity contribution < 1.29 is 19.4 Å². The van der Waals surface area contributed by atoms with Crippen LogP contribution in [0.3, 0.4) is 0 Å². The van der Waals surface area contributed by atoms with Gasteiger partial charge in [-0.05, 0) is 23.6 Å². The van der Waals surface area contributed by atoms with Crippen molar-refractivity contribution in [3.8, 4) is 5.75 Å². The molecule has 0 saturated heterocycles. The van der Waals surface area contributed by atoms with Gasteiger partial charge in [0.1, 0.15) is 5.75 Å². The van der Waals surface area contributed by atoms with Gasteiger partial charge in [-0.3, -0.25) is 9.59 Å². The van der Waals surface area contributed by atoms with Crippen LogP contribution in [-0.4, -0.2) is 16.8 Å². The van der Waals surface area contributed by atoms with Gasteiger partial charge in [-0.25, -0.2) is 0 Å². The van der Waals surface area contributed by atoms with E-state index in [-0.39, 0.29) is 22.7 Å². The van der Waals surface area contributed by atoms with Gasteiger partial charge in [0.2, 0.25) is 17.2 Å². The molecule has 2 aliphatic rings. The third kappa shape index (κ3) is 1.79. The third-order valence-corrected chi connectivity index (χ3v) is 5.24. The Morgan fingerprint density at radius 2 is 1.96 bits per heavy atom. The summed E-state index contributed by atoms with van der Waals surface area (Å²) in [5.41, 5.74) is 6.37. The summed E-state index contributed by atoms with van der Waals surface area (Å²) in [6, 6.07) is 10.3. The molecule has 0 radical (unpaired) electrons. The average Bonchev–Trinajstić information content (AvgIpc) is 2.92. The van der Waals surface area contributed by atoms with E-state index < -0.39 is 23.0 Å². The number of amides is 1. The molecule has 2 aromatic carbocycles. The molecule has 0 unspecified atom stereocenters. The number of nitrogens with one attached hydrogen (secondary N) is 1. The van der Waals surface area contributed by atoms with Gasteiger partial charge in [0, 0.05) is 23.7 Å². The van der Waals surface area contributed by atoms with Gasteiger partial charge in [0.15, 0.2) is 0 Å². The van der Waals surface area contributed by atoms with Gasteiger partial charge < -0.3 is 20.9 Å². The molecule has 2 aromatic rings. The topological polar surface area (TPSA) is 102 Å². The largest absolute Gasteiger partial charge is 0.454 e. The Morgan fingerprint density at radius 3 is 2.62 bits per heavy atom. The molecule has 4 rings (SSSR count). The fourth-order valence-corrected chi connectivity index (χ4v) is 4.01. The van der Waals surface area contributed by atoms with Crippen LogP contribution in [-0.2, 0) is 16.1 Å². The van der Waals surface area contributed by atoms with Crippen molar-refractivity contribution in [2.75, 3.05) is 5.73 Å². The standard InChI is InChI=1S/C20H20N2O4/c1-10(2)12-7-8-13-16(9-12)26-20(25)14-5-4-6-15(21)17(14)18(24)19(13,20)22-11(3)23/h4-10,25H,21H2,1-3H3,(H,22,23)/t19-,20-/m1/s1. The highest BCUT2D eigenvalue weighted by Gasteiger charge is 2.71. The van der Waals surface area contributed by atoms with Crippen LogP contribution in [0.25, 0.3) is 0 Å². The predicted molar refractivity (Wildman–Crippen MR) is 95.7 cm³/mol. The van der Waals surface area contributed by atoms with E-state index in [0.29, 0.717) is 11.3 Å². The Bertz CT molecular complexity index is 968. The first-order chi connectivity index (χ1) is 12.2. The smallest absolute Gasteiger partial charge is 0.271 e. The summed E-state index contributed by atoms with van der Waals surface area (Å²) in [6.45, 7) is 5.38. The second-order valence-corrected chi connectivity index (χ2v) is 7.19. The van der Waals surface area contributed by atoms with Crippen molar-refractivity contribution in [3.05, 3.63) is 58.7 Å². The lowest BCUT2D eigenvalue weighted by molar-refractivity contribution is -0.175. The van der Waals surface area contributed by atoms with Crippen LogP contribution in [0.15, 0.2) is 36.4 Å². The Labute approximate surface area is 151 Å². The Morgan fingerprint density at radius 1 is 1.23 bits per heavy atom. The van der Waals surface area contributed by atoms with E-state index in [2.05, 4.69) is 5.32 Å². The summed E-state index contributed by atoms with van der Waals surface area (Å²) >= 11 is 0. The first-order valence-corrected chi connectivity index (χ1v) is 8.50. The molecule has 6 heteroatoms. The van der Waals surface area contributed by atoms with Gasteiger partial charge in [-0.15, -0.1) is 0 Å². The number of hydrogen-bond donors (Lipinski definition) is 3. The van der Waals surface area contributed by atoms with Crippen molar-refractivity contribution in [2.45, 2.75) is 38.0 Å². The fourth-order valence-electron chi connectivity index (χ4n) is 4.01. The highest BCUT2D eigenvalue weighted by atomic mass is 16.6. The Balaban J connectivity index is 2.03. The lowest BCUT2D eigenvalue weighted by Crippen LogP contribution is -2.59. The van der Waals surface area contributed by atoms with Crippen LogP contribution in [0, 0.1) is 0 Å². The Hall–Kier alpha value is -2.86. The molecular formula is C20H20N2O4. The number of Topliss-reactive ketones (excluding diaryl/α,β-unsaturated/α-hetero) is 1. The second kappa shape index (κ2) is 5.08. The molecule has 26 heavy (non-hydrogen) atoms. The normalized spacial score (nSPS) is 25.5. The van der Waals surface area contributed by atoms with Gasteiger partial charge >= 0.3 is 0 Å². The Kier molecular flexibility index (Phi) is 3.24. The summed E-state index contributed by atoms with van der Waals surface area (Å²) in [4.78, 5) is 25.4. The van der Waals surface area contributed by atoms with E-state index in [4.69, 9.17) is 10.5 Å². The van der Waals surface area contributed by atoms with Crippen molar-refractivity contribution in [1.82, 2.24) is 5.32 Å². The number of carbonyl (C=O) groups excluding carboxylic acids is 2. The molecule has 4 N–H and O–H groups in total. The summed E-state index contributed by atoms with van der Waals surface area (Å²) < 4.78 is 5.93. The molecule has 1 heterocycles. The minimum Gasteiger partial charge on any atom is -0.454 e. The quantitative estimate of drug-likeness (QED) is 0.719. The SMILES string of the molecule is CC(=O)N[C@]12C(=O)c3c(N)cccc3[C@@]1(O)Oc1cc(C(C)C)ccc12. The zero-order valence-corrected chi connectivity index (χ0v) is 14.8. The lowest BCUT2D eigenvalue weighted by atomic mass is 9.82. The molecule has 6 nitrogen and oxygen atoms in total. The molecule has 134 valence electrons. The lowest BCUT2D eigenvalue weighted by Gasteiger charge is -2.34. The molecule has 0 fully saturated rings. The number of ketones is 1. The van der Waals surface area contributed by atoms with Crippen molar-refractivity contribution in [1.29, 1.82) is 0 Å². The maximum Gasteiger partial charge on any atom is 0.271 e. The van der Waals surface area contributed by atoms with E-state index in [0.717, 1.165) is 5.56 Å². The van der Waals surface area contributed by atoms with E-state index in [1.807, 2.05) is 19.9 Å². The number of ether oxygens (including phenoxy) is 1. The monoisotopic (exact) mass is 352 g/mol. The number of nitrogens with two attached hydrogens (primary N) is 1. The summed E-state index contributed by atoms with van der Waals surface area (Å²) in [6.07, 6.45) is 0. The van der Waals surface area contributed by atoms with Crippen LogP contribution in [0.2, 0.25) is 0 Å². The molecule has 0 saturated carbocycles. The number of benzene rings is 2. The molecule has 0 spiro atoms. The number of aliphatic hydroxyl groups is 1. The first-order valence-electron chi connectivity index (χ1n) is 8.50. The third-order valence-electron chi connectivity index (χ3n) is 5.24. The van der Waals surface area contributed by atoms with Crippen molar-refractivity contribution in [2.24, 2.45) is 0 Å². The second-order valence-electron chi connectivity index (χ2n) is 7.19. The number of carbonyl (C=O) groups is 2. The highest BCUT2D eigenvalue weighted by Crippen LogP contribution is 2.59. The van der Waals surface area contributed by atoms with Crippen LogP contribution >= 0.6 is 0 Å². The number of nitrogen functional groups attached to an aromatic ring is 1. The maximum atomic E-state index is 13.4. The van der Waals surface area contributed by atoms with Crippen LogP contribution in [0.5, 0.6) is 5.75 Å². The van der Waals surface area contributed by atoms with Gasteiger partial charge in [-0.1, -0.05) is 38.1 Å². The van der Waals surface area contributed by atoms with Gasteiger partial charge in [0.25, 0.3) is 5.79 Å². The van der Waals surface area contributed by atoms with Gasteiger partial charge in [0.05, 0.1) is 5.56 Å². The zero-order valence-electron chi connectivity index (χ0n) is 14.8. The molecular weight excluding hydrogens is 332 g/mol. The van der Waals surface area contributed by atoms with Crippen LogP contribution in [0.1, 0.15) is 53.7 Å². The number of fused-ring (bicyclic) bond motifs is 5. The molecule has 1 amide bonds. The molecule has 2 atom stereocenters. The van der Waals surface area contributed by atoms with E-state index in [1.165, 1.54) is 6.92 Å². The fraction of sp³-hybridized carbons (Fsp3) is 0.300. The molecule has 0 bridgehead atoms. The van der Waals surface area contributed by atoms with Crippen molar-refractivity contribution >= 4 is 17.4 Å². The summed E-state index contributed by atoms with van der Waals surface area (Å²) in [5.74, 6) is -2.34. The van der Waals surface area contributed by atoms with Crippen molar-refractivity contribution in [3.63, 3.8) is 0 Å². The summed E-state index contributed by atoms with van der Waals surface area (Å²) in [5, 5.41) is 14.2. The van der Waals surface area contributed by atoms with Crippen LogP contribution in [0.4, 0.5) is 5.69 Å². The summed E-state index contributed by atoms with van der Waals surface area (Å²) in [7, 11) is 0. The van der Waals surface area contributed by atoms with Crippen LogP contribution < -0.4 is 15.8 Å². The van der Waals surface area contributed by atoms with E-state index in [9.17, 15) is 14.7 Å². The highest BCUT2D eigenvalue weighted by molar-refractivity contribution is 6.15. The number of hydrogen-bond acceptors (Lipinski definition) is 5. The molecule has 1 aliphatic heterocycles. The molecule has 0 aromatic heterocycles. The minimum atomic E-state index is -2.04. The van der Waals surface area contributed by atoms with E-state index in [1.54, 1.807) is 30.3 Å². The average molecular weight is 352 g/mol. The number of rotatable bonds is 2. The van der Waals surface area contributed by atoms with Gasteiger partial charge in [-0.2, -0.15) is 0 Å². The first kappa shape index (κ1) is 16.6. The molecule has 1 aliphatic carbocycles. The maximum absolute atomic E-state index is 13.4.